The van der Waals surface area contributed by atoms with Gasteiger partial charge >= 0.3 is 11.9 Å². The van der Waals surface area contributed by atoms with Crippen molar-refractivity contribution >= 4 is 63.6 Å². The lowest BCUT2D eigenvalue weighted by molar-refractivity contribution is -0.150. The van der Waals surface area contributed by atoms with E-state index >= 15 is 0 Å². The molecule has 37 heavy (non-hydrogen) atoms. The number of aliphatic carboxylic acids is 1. The van der Waals surface area contributed by atoms with E-state index in [0.29, 0.717) is 24.1 Å². The molecule has 4 aliphatic rings. The number of nitrogens with two attached hydrogens (primary N) is 1. The second kappa shape index (κ2) is 9.63. The van der Waals surface area contributed by atoms with Crippen LogP contribution in [0.15, 0.2) is 33.0 Å². The number of carboxylic acid groups (broad SMARTS) is 1. The third-order valence-electron chi connectivity index (χ3n) is 6.27. The number of anilines is 1. The summed E-state index contributed by atoms with van der Waals surface area (Å²) in [7, 11) is 0. The van der Waals surface area contributed by atoms with Gasteiger partial charge in [-0.05, 0) is 36.3 Å². The van der Waals surface area contributed by atoms with Crippen LogP contribution >= 0.6 is 23.1 Å². The van der Waals surface area contributed by atoms with Gasteiger partial charge in [0.05, 0.1) is 0 Å². The van der Waals surface area contributed by atoms with Gasteiger partial charge in [-0.15, -0.1) is 23.1 Å². The van der Waals surface area contributed by atoms with Gasteiger partial charge in [-0.1, -0.05) is 5.16 Å². The fourth-order valence-corrected chi connectivity index (χ4v) is 6.48. The van der Waals surface area contributed by atoms with Crippen molar-refractivity contribution in [3.8, 4) is 0 Å². The number of thioether (sulfide) groups is 1. The first kappa shape index (κ1) is 25.0. The highest BCUT2D eigenvalue weighted by molar-refractivity contribution is 8.00. The van der Waals surface area contributed by atoms with Gasteiger partial charge in [-0.3, -0.25) is 19.3 Å². The van der Waals surface area contributed by atoms with Gasteiger partial charge in [0.2, 0.25) is 5.91 Å². The van der Waals surface area contributed by atoms with E-state index < -0.39 is 35.2 Å². The molecule has 5 rings (SSSR count). The van der Waals surface area contributed by atoms with Crippen LogP contribution in [0, 0.1) is 5.92 Å². The maximum Gasteiger partial charge on any atom is 0.352 e. The van der Waals surface area contributed by atoms with Crippen molar-refractivity contribution in [2.45, 2.75) is 37.6 Å². The molecule has 2 atom stereocenters. The first-order valence-electron chi connectivity index (χ1n) is 11.4. The molecule has 0 unspecified atom stereocenters. The quantitative estimate of drug-likeness (QED) is 0.118. The van der Waals surface area contributed by atoms with Crippen LogP contribution in [0.3, 0.4) is 0 Å². The number of thiazole rings is 1. The van der Waals surface area contributed by atoms with E-state index in [4.69, 9.17) is 5.73 Å². The number of aromatic nitrogens is 1. The highest BCUT2D eigenvalue weighted by atomic mass is 32.2. The second-order valence-corrected chi connectivity index (χ2v) is 10.8. The molecule has 13 nitrogen and oxygen atoms in total. The first-order valence-corrected chi connectivity index (χ1v) is 13.3. The van der Waals surface area contributed by atoms with Crippen LogP contribution in [0.5, 0.6) is 0 Å². The third kappa shape index (κ3) is 4.59. The summed E-state index contributed by atoms with van der Waals surface area (Å²) in [5, 5.41) is 19.9. The molecule has 2 saturated heterocycles. The number of nitrogens with zero attached hydrogens (tertiary/aromatic N) is 3. The van der Waals surface area contributed by atoms with E-state index in [9.17, 15) is 29.1 Å². The highest BCUT2D eigenvalue weighted by Gasteiger charge is 2.55. The maximum atomic E-state index is 13.2. The number of β-lactam (4-membered cyclic amide) rings is 1. The third-order valence-corrected chi connectivity index (χ3v) is 8.23. The van der Waals surface area contributed by atoms with Crippen LogP contribution in [0.4, 0.5) is 5.13 Å². The Morgan fingerprint density at radius 1 is 1.32 bits per heavy atom. The molecule has 1 aromatic heterocycles. The largest absolute Gasteiger partial charge is 0.477 e. The number of nitrogens with one attached hydrogen (secondary N) is 2. The lowest BCUT2D eigenvalue weighted by Crippen LogP contribution is -2.71. The lowest BCUT2D eigenvalue weighted by atomic mass is 9.91. The van der Waals surface area contributed by atoms with E-state index in [1.54, 1.807) is 0 Å². The first-order chi connectivity index (χ1) is 17.7. The Labute approximate surface area is 218 Å². The number of allylic oxidation sites excluding steroid dienone is 1. The van der Waals surface area contributed by atoms with Gasteiger partial charge in [-0.2, -0.15) is 0 Å². The molecular weight excluding hydrogens is 524 g/mol. The monoisotopic (exact) mass is 546 g/mol. The average Bonchev–Trinajstić information content (AvgIpc) is 3.46. The summed E-state index contributed by atoms with van der Waals surface area (Å²) < 4.78 is 0. The molecule has 0 aromatic carbocycles. The molecule has 5 N–H and O–H groups in total. The summed E-state index contributed by atoms with van der Waals surface area (Å²) >= 11 is 2.35. The number of nitrogen functional groups attached to an aromatic ring is 1. The van der Waals surface area contributed by atoms with Crippen LogP contribution in [0.2, 0.25) is 0 Å². The molecule has 0 bridgehead atoms. The standard InChI is InChI=1S/C22H22N6O7S2/c1-8(29)35-27-14(12-7-37-22(23)25-12)18(31)26-15-19(32)28-16(21(33)34)11(6-36-20(15)28)13(9-2-3-9)10-4-5-24-17(10)30/h7,9,15,20H,2-6H2,1H3,(H2,23,25)(H,24,30)(H,26,31)(H,33,34)/t15-,20-/m1/s1. The van der Waals surface area contributed by atoms with Gasteiger partial charge in [0.25, 0.3) is 11.8 Å². The number of hydrogen-bond donors (Lipinski definition) is 4. The summed E-state index contributed by atoms with van der Waals surface area (Å²) in [6, 6.07) is -1.04. The smallest absolute Gasteiger partial charge is 0.352 e. The zero-order chi connectivity index (χ0) is 26.4. The number of oxime groups is 1. The Balaban J connectivity index is 1.42. The van der Waals surface area contributed by atoms with Crippen LogP contribution in [-0.4, -0.2) is 74.1 Å². The summed E-state index contributed by atoms with van der Waals surface area (Å²) in [6.45, 7) is 1.60. The summed E-state index contributed by atoms with van der Waals surface area (Å²) in [6.07, 6.45) is 2.22. The summed E-state index contributed by atoms with van der Waals surface area (Å²) in [4.78, 5) is 71.9. The number of rotatable bonds is 7. The van der Waals surface area contributed by atoms with Crippen LogP contribution in [0.1, 0.15) is 31.9 Å². The minimum absolute atomic E-state index is 0.0603. The van der Waals surface area contributed by atoms with Gasteiger partial charge < -0.3 is 26.3 Å². The molecule has 0 spiro atoms. The molecule has 3 fully saturated rings. The molecule has 1 aliphatic carbocycles. The fourth-order valence-electron chi connectivity index (χ4n) is 4.57. The minimum atomic E-state index is -1.27. The van der Waals surface area contributed by atoms with Crippen molar-refractivity contribution in [1.82, 2.24) is 20.5 Å². The number of carbonyl (C=O) groups is 5. The van der Waals surface area contributed by atoms with Gasteiger partial charge in [0, 0.05) is 30.2 Å². The highest BCUT2D eigenvalue weighted by Crippen LogP contribution is 2.49. The van der Waals surface area contributed by atoms with Crippen molar-refractivity contribution in [3.63, 3.8) is 0 Å². The Bertz CT molecular complexity index is 1330. The molecule has 1 aromatic rings. The van der Waals surface area contributed by atoms with Gasteiger partial charge in [0.1, 0.15) is 22.8 Å². The van der Waals surface area contributed by atoms with Crippen LogP contribution in [0.25, 0.3) is 0 Å². The van der Waals surface area contributed by atoms with E-state index in [2.05, 4.69) is 25.6 Å². The normalized spacial score (nSPS) is 24.8. The number of fused-ring (bicyclic) bond motifs is 1. The van der Waals surface area contributed by atoms with Crippen molar-refractivity contribution in [1.29, 1.82) is 0 Å². The van der Waals surface area contributed by atoms with Gasteiger partial charge in [-0.25, -0.2) is 14.6 Å². The van der Waals surface area contributed by atoms with Crippen LogP contribution in [-0.2, 0) is 28.8 Å². The number of carbonyl (C=O) groups excluding carboxylic acids is 4. The Morgan fingerprint density at radius 2 is 2.08 bits per heavy atom. The molecular formula is C22H22N6O7S2. The average molecular weight is 547 g/mol. The molecule has 15 heteroatoms. The predicted molar refractivity (Wildman–Crippen MR) is 132 cm³/mol. The molecule has 0 radical (unpaired) electrons. The maximum absolute atomic E-state index is 13.2. The summed E-state index contributed by atoms with van der Waals surface area (Å²) in [5.41, 5.74) is 6.99. The minimum Gasteiger partial charge on any atom is -0.477 e. The van der Waals surface area contributed by atoms with Crippen molar-refractivity contribution in [3.05, 3.63) is 33.5 Å². The van der Waals surface area contributed by atoms with Gasteiger partial charge in [0.15, 0.2) is 10.8 Å². The topological polar surface area (TPSA) is 193 Å². The van der Waals surface area contributed by atoms with Crippen molar-refractivity contribution < 1.29 is 33.9 Å². The fraction of sp³-hybridized carbons (Fsp3) is 0.409. The number of hydrogen-bond acceptors (Lipinski definition) is 11. The Morgan fingerprint density at radius 3 is 2.65 bits per heavy atom. The van der Waals surface area contributed by atoms with Crippen molar-refractivity contribution in [2.24, 2.45) is 11.1 Å². The molecule has 1 saturated carbocycles. The van der Waals surface area contributed by atoms with E-state index in [-0.39, 0.29) is 39.8 Å². The van der Waals surface area contributed by atoms with Crippen LogP contribution < -0.4 is 16.4 Å². The van der Waals surface area contributed by atoms with E-state index in [1.807, 2.05) is 0 Å². The molecule has 4 heterocycles. The summed E-state index contributed by atoms with van der Waals surface area (Å²) in [5.74, 6) is -3.32. The molecule has 3 aliphatic heterocycles. The van der Waals surface area contributed by atoms with Crippen molar-refractivity contribution in [2.75, 3.05) is 18.0 Å². The SMILES string of the molecule is CC(=O)ON=C(C(=O)N[C@@H]1C(=O)N2C(C(=O)O)=C(C(=C3CCNC3=O)C3CC3)CS[C@H]12)c1csc(N)n1. The number of amides is 3. The van der Waals surface area contributed by atoms with E-state index in [0.717, 1.165) is 41.6 Å². The predicted octanol–water partition coefficient (Wildman–Crippen LogP) is -0.0424. The second-order valence-electron chi connectivity index (χ2n) is 8.76. The van der Waals surface area contributed by atoms with E-state index in [1.165, 1.54) is 17.1 Å². The zero-order valence-electron chi connectivity index (χ0n) is 19.5. The zero-order valence-corrected chi connectivity index (χ0v) is 21.1. The Hall–Kier alpha value is -3.72. The number of carboxylic acids is 1. The Kier molecular flexibility index (Phi) is 6.49. The lowest BCUT2D eigenvalue weighted by Gasteiger charge is -2.49. The molecule has 3 amide bonds. The molecule has 194 valence electrons.